The molecule has 0 spiro atoms. The van der Waals surface area contributed by atoms with Crippen LogP contribution in [0.25, 0.3) is 0 Å². The Balaban J connectivity index is 2.00. The molecule has 2 rings (SSSR count). The Bertz CT molecular complexity index is 676. The number of urea groups is 1. The number of nitrogens with zero attached hydrogens (tertiary/aromatic N) is 1. The summed E-state index contributed by atoms with van der Waals surface area (Å²) in [5, 5.41) is 12.3. The van der Waals surface area contributed by atoms with Gasteiger partial charge in [-0.05, 0) is 35.9 Å². The van der Waals surface area contributed by atoms with Gasteiger partial charge in [0, 0.05) is 19.3 Å². The van der Waals surface area contributed by atoms with E-state index < -0.39 is 5.82 Å². The second-order valence-electron chi connectivity index (χ2n) is 4.80. The molecular weight excluding hydrogens is 287 g/mol. The van der Waals surface area contributed by atoms with Gasteiger partial charge in [-0.3, -0.25) is 0 Å². The fourth-order valence-corrected chi connectivity index (χ4v) is 1.96. The van der Waals surface area contributed by atoms with Gasteiger partial charge in [0.2, 0.25) is 0 Å². The third-order valence-corrected chi connectivity index (χ3v) is 3.09. The summed E-state index contributed by atoms with van der Waals surface area (Å²) in [6.45, 7) is 0.290. The van der Waals surface area contributed by atoms with E-state index in [2.05, 4.69) is 5.32 Å². The number of methoxy groups -OCH3 is 1. The first-order chi connectivity index (χ1) is 10.5. The third kappa shape index (κ3) is 3.88. The van der Waals surface area contributed by atoms with E-state index in [9.17, 15) is 14.3 Å². The van der Waals surface area contributed by atoms with Gasteiger partial charge in [-0.25, -0.2) is 9.18 Å². The van der Waals surface area contributed by atoms with Crippen LogP contribution < -0.4 is 10.1 Å². The number of carbonyl (C=O) groups excluding carboxylic acids is 1. The quantitative estimate of drug-likeness (QED) is 0.912. The van der Waals surface area contributed by atoms with E-state index in [0.717, 1.165) is 5.56 Å². The molecule has 5 nitrogen and oxygen atoms in total. The number of aromatic hydroxyl groups is 1. The highest BCUT2D eigenvalue weighted by molar-refractivity contribution is 5.89. The Kier molecular flexibility index (Phi) is 4.83. The summed E-state index contributed by atoms with van der Waals surface area (Å²) in [7, 11) is 3.07. The van der Waals surface area contributed by atoms with Crippen LogP contribution in [0.3, 0.4) is 0 Å². The van der Waals surface area contributed by atoms with E-state index in [0.29, 0.717) is 18.0 Å². The molecule has 2 N–H and O–H groups in total. The van der Waals surface area contributed by atoms with Crippen LogP contribution in [0, 0.1) is 5.82 Å². The number of ether oxygens (including phenoxy) is 1. The highest BCUT2D eigenvalue weighted by Gasteiger charge is 2.11. The predicted octanol–water partition coefficient (Wildman–Crippen LogP) is 3.20. The maximum absolute atomic E-state index is 13.1. The predicted molar refractivity (Wildman–Crippen MR) is 81.5 cm³/mol. The van der Waals surface area contributed by atoms with Crippen molar-refractivity contribution in [3.05, 3.63) is 53.8 Å². The number of benzene rings is 2. The standard InChI is InChI=1S/C16H17FN2O3/c1-19(10-11-6-7-15(22-2)14(20)8-11)16(21)18-13-5-3-4-12(17)9-13/h3-9,20H,10H2,1-2H3,(H,18,21). The first kappa shape index (κ1) is 15.6. The van der Waals surface area contributed by atoms with Crippen LogP contribution in [0.1, 0.15) is 5.56 Å². The lowest BCUT2D eigenvalue weighted by Gasteiger charge is -2.18. The van der Waals surface area contributed by atoms with Gasteiger partial charge in [0.1, 0.15) is 5.82 Å². The maximum atomic E-state index is 13.1. The Morgan fingerprint density at radius 1 is 1.32 bits per heavy atom. The van der Waals surface area contributed by atoms with Crippen molar-refractivity contribution >= 4 is 11.7 Å². The van der Waals surface area contributed by atoms with E-state index in [-0.39, 0.29) is 11.8 Å². The summed E-state index contributed by atoms with van der Waals surface area (Å²) in [4.78, 5) is 13.5. The Hall–Kier alpha value is -2.76. The summed E-state index contributed by atoms with van der Waals surface area (Å²) in [6.07, 6.45) is 0. The lowest BCUT2D eigenvalue weighted by molar-refractivity contribution is 0.220. The first-order valence-corrected chi connectivity index (χ1v) is 6.63. The van der Waals surface area contributed by atoms with Crippen LogP contribution in [-0.2, 0) is 6.54 Å². The molecule has 0 aliphatic heterocycles. The molecule has 116 valence electrons. The van der Waals surface area contributed by atoms with Crippen LogP contribution in [-0.4, -0.2) is 30.2 Å². The average Bonchev–Trinajstić information content (AvgIpc) is 2.47. The van der Waals surface area contributed by atoms with Gasteiger partial charge in [-0.15, -0.1) is 0 Å². The molecule has 22 heavy (non-hydrogen) atoms. The largest absolute Gasteiger partial charge is 0.504 e. The minimum absolute atomic E-state index is 0.0129. The zero-order valence-corrected chi connectivity index (χ0v) is 12.3. The van der Waals surface area contributed by atoms with Crippen molar-refractivity contribution in [1.29, 1.82) is 0 Å². The SMILES string of the molecule is COc1ccc(CN(C)C(=O)Nc2cccc(F)c2)cc1O. The number of hydrogen-bond acceptors (Lipinski definition) is 3. The topological polar surface area (TPSA) is 61.8 Å². The van der Waals surface area contributed by atoms with Gasteiger partial charge >= 0.3 is 6.03 Å². The van der Waals surface area contributed by atoms with Crippen molar-refractivity contribution in [3.8, 4) is 11.5 Å². The number of amides is 2. The van der Waals surface area contributed by atoms with Gasteiger partial charge in [-0.1, -0.05) is 12.1 Å². The van der Waals surface area contributed by atoms with Gasteiger partial charge in [0.05, 0.1) is 7.11 Å². The maximum Gasteiger partial charge on any atom is 0.321 e. The lowest BCUT2D eigenvalue weighted by Crippen LogP contribution is -2.30. The molecule has 0 saturated carbocycles. The normalized spacial score (nSPS) is 10.1. The summed E-state index contributed by atoms with van der Waals surface area (Å²) in [6, 6.07) is 10.2. The molecule has 2 aromatic rings. The van der Waals surface area contributed by atoms with E-state index in [4.69, 9.17) is 4.74 Å². The molecule has 0 aliphatic rings. The molecule has 6 heteroatoms. The number of nitrogens with one attached hydrogen (secondary N) is 1. The Morgan fingerprint density at radius 2 is 2.09 bits per heavy atom. The van der Waals surface area contributed by atoms with Crippen molar-refractivity contribution < 1.29 is 19.0 Å². The van der Waals surface area contributed by atoms with Crippen LogP contribution in [0.5, 0.6) is 11.5 Å². The molecule has 0 heterocycles. The van der Waals surface area contributed by atoms with Crippen molar-refractivity contribution in [1.82, 2.24) is 4.90 Å². The molecule has 0 atom stereocenters. The molecule has 2 amide bonds. The van der Waals surface area contributed by atoms with Crippen LogP contribution in [0.15, 0.2) is 42.5 Å². The molecule has 0 radical (unpaired) electrons. The van der Waals surface area contributed by atoms with E-state index in [1.807, 2.05) is 0 Å². The van der Waals surface area contributed by atoms with Gasteiger partial charge in [0.15, 0.2) is 11.5 Å². The summed E-state index contributed by atoms with van der Waals surface area (Å²) < 4.78 is 18.0. The second kappa shape index (κ2) is 6.80. The van der Waals surface area contributed by atoms with E-state index >= 15 is 0 Å². The Morgan fingerprint density at radius 3 is 2.73 bits per heavy atom. The van der Waals surface area contributed by atoms with Crippen LogP contribution >= 0.6 is 0 Å². The minimum atomic E-state index is -0.416. The first-order valence-electron chi connectivity index (χ1n) is 6.63. The zero-order valence-electron chi connectivity index (χ0n) is 12.3. The van der Waals surface area contributed by atoms with Gasteiger partial charge < -0.3 is 20.1 Å². The number of carbonyl (C=O) groups is 1. The lowest BCUT2D eigenvalue weighted by atomic mass is 10.2. The smallest absolute Gasteiger partial charge is 0.321 e. The molecule has 0 bridgehead atoms. The van der Waals surface area contributed by atoms with Crippen molar-refractivity contribution in [3.63, 3.8) is 0 Å². The fraction of sp³-hybridized carbons (Fsp3) is 0.188. The number of anilines is 1. The van der Waals surface area contributed by atoms with Gasteiger partial charge in [0.25, 0.3) is 0 Å². The molecule has 0 saturated heterocycles. The summed E-state index contributed by atoms with van der Waals surface area (Å²) in [5.41, 5.74) is 1.13. The fourth-order valence-electron chi connectivity index (χ4n) is 1.96. The van der Waals surface area contributed by atoms with Gasteiger partial charge in [-0.2, -0.15) is 0 Å². The monoisotopic (exact) mass is 304 g/mol. The number of hydrogen-bond donors (Lipinski definition) is 2. The number of halogens is 1. The van der Waals surface area contributed by atoms with Crippen molar-refractivity contribution in [2.45, 2.75) is 6.54 Å². The molecule has 0 aliphatic carbocycles. The van der Waals surface area contributed by atoms with E-state index in [1.165, 1.54) is 36.3 Å². The second-order valence-corrected chi connectivity index (χ2v) is 4.80. The summed E-state index contributed by atoms with van der Waals surface area (Å²) >= 11 is 0. The Labute approximate surface area is 127 Å². The third-order valence-electron chi connectivity index (χ3n) is 3.09. The van der Waals surface area contributed by atoms with Crippen LogP contribution in [0.4, 0.5) is 14.9 Å². The summed E-state index contributed by atoms with van der Waals surface area (Å²) in [5.74, 6) is -0.0323. The van der Waals surface area contributed by atoms with Crippen molar-refractivity contribution in [2.75, 3.05) is 19.5 Å². The molecular formula is C16H17FN2O3. The molecule has 2 aromatic carbocycles. The zero-order chi connectivity index (χ0) is 16.1. The van der Waals surface area contributed by atoms with Crippen LogP contribution in [0.2, 0.25) is 0 Å². The number of phenols is 1. The number of phenolic OH excluding ortho intramolecular Hbond substituents is 1. The number of rotatable bonds is 4. The molecule has 0 unspecified atom stereocenters. The highest BCUT2D eigenvalue weighted by atomic mass is 19.1. The highest BCUT2D eigenvalue weighted by Crippen LogP contribution is 2.26. The molecule has 0 aromatic heterocycles. The minimum Gasteiger partial charge on any atom is -0.504 e. The average molecular weight is 304 g/mol. The van der Waals surface area contributed by atoms with Crippen molar-refractivity contribution in [2.24, 2.45) is 0 Å². The molecule has 0 fully saturated rings. The van der Waals surface area contributed by atoms with E-state index in [1.54, 1.807) is 25.2 Å².